The van der Waals surface area contributed by atoms with Crippen molar-refractivity contribution in [3.8, 4) is 6.01 Å². The van der Waals surface area contributed by atoms with Gasteiger partial charge in [-0.25, -0.2) is 4.39 Å². The highest BCUT2D eigenvalue weighted by atomic mass is 35.5. The average molecular weight is 565 g/mol. The van der Waals surface area contributed by atoms with Crippen LogP contribution in [0, 0.1) is 0 Å². The minimum absolute atomic E-state index is 0.00216. The number of aromatic nitrogens is 2. The largest absolute Gasteiger partial charge is 0.467 e. The second-order valence-electron chi connectivity index (χ2n) is 10.6. The second-order valence-corrected chi connectivity index (χ2v) is 11.0. The standard InChI is InChI=1S/C30H34ClFN6O2/c1-40-30-33-25-20-38(26-8-3-6-21-5-2-7-24(31)28(21)26)14-11-23(25)29(34-30)37-17-15-36(16-18-37)27(39)9-4-12-35-13-10-22(32)19-35/h2-9,22H,10-20H2,1H3/b9-4+. The molecule has 0 spiro atoms. The highest BCUT2D eigenvalue weighted by molar-refractivity contribution is 6.36. The number of halogens is 2. The van der Waals surface area contributed by atoms with E-state index in [-0.39, 0.29) is 5.91 Å². The fourth-order valence-electron chi connectivity index (χ4n) is 5.98. The Morgan fingerprint density at radius 1 is 1.07 bits per heavy atom. The summed E-state index contributed by atoms with van der Waals surface area (Å²) in [4.78, 5) is 30.7. The Morgan fingerprint density at radius 3 is 2.62 bits per heavy atom. The lowest BCUT2D eigenvalue weighted by Crippen LogP contribution is -2.49. The molecule has 10 heteroatoms. The molecule has 1 unspecified atom stereocenters. The van der Waals surface area contributed by atoms with Gasteiger partial charge in [0.2, 0.25) is 5.91 Å². The molecule has 3 aliphatic rings. The van der Waals surface area contributed by atoms with Crippen molar-refractivity contribution in [1.82, 2.24) is 19.8 Å². The van der Waals surface area contributed by atoms with Gasteiger partial charge in [-0.2, -0.15) is 9.97 Å². The molecular weight excluding hydrogens is 531 g/mol. The molecule has 0 saturated carbocycles. The third kappa shape index (κ3) is 5.45. The van der Waals surface area contributed by atoms with Crippen LogP contribution in [0.15, 0.2) is 48.6 Å². The van der Waals surface area contributed by atoms with Gasteiger partial charge >= 0.3 is 6.01 Å². The van der Waals surface area contributed by atoms with Crippen LogP contribution in [0.2, 0.25) is 5.02 Å². The molecule has 2 aromatic carbocycles. The Balaban J connectivity index is 1.15. The number of likely N-dealkylation sites (tertiary alicyclic amines) is 1. The minimum Gasteiger partial charge on any atom is -0.467 e. The first-order valence-corrected chi connectivity index (χ1v) is 14.3. The van der Waals surface area contributed by atoms with Crippen molar-refractivity contribution in [3.05, 3.63) is 64.8 Å². The van der Waals surface area contributed by atoms with Gasteiger partial charge in [0.25, 0.3) is 0 Å². The van der Waals surface area contributed by atoms with Crippen molar-refractivity contribution in [2.24, 2.45) is 0 Å². The van der Waals surface area contributed by atoms with E-state index < -0.39 is 6.17 Å². The Kier molecular flexibility index (Phi) is 7.76. The van der Waals surface area contributed by atoms with E-state index in [1.807, 2.05) is 28.0 Å². The summed E-state index contributed by atoms with van der Waals surface area (Å²) >= 11 is 6.63. The SMILES string of the molecule is COc1nc2c(c(N3CCN(C(=O)/C=C/CN4CCC(F)C4)CC3)n1)CCN(c1cccc3cccc(Cl)c13)C2. The summed E-state index contributed by atoms with van der Waals surface area (Å²) in [6, 6.07) is 12.6. The van der Waals surface area contributed by atoms with Gasteiger partial charge in [0.1, 0.15) is 12.0 Å². The molecule has 8 nitrogen and oxygen atoms in total. The van der Waals surface area contributed by atoms with Gasteiger partial charge in [-0.15, -0.1) is 0 Å². The molecule has 210 valence electrons. The second kappa shape index (κ2) is 11.6. The van der Waals surface area contributed by atoms with Gasteiger partial charge in [-0.1, -0.05) is 41.9 Å². The maximum atomic E-state index is 13.4. The first-order valence-electron chi connectivity index (χ1n) is 13.9. The number of fused-ring (bicyclic) bond motifs is 2. The van der Waals surface area contributed by atoms with Crippen LogP contribution >= 0.6 is 11.6 Å². The first-order chi connectivity index (χ1) is 19.5. The molecule has 6 rings (SSSR count). The van der Waals surface area contributed by atoms with Crippen molar-refractivity contribution in [2.45, 2.75) is 25.6 Å². The number of hydrogen-bond donors (Lipinski definition) is 0. The molecule has 0 aliphatic carbocycles. The Hall–Kier alpha value is -3.43. The average Bonchev–Trinajstić information content (AvgIpc) is 3.40. The molecule has 0 radical (unpaired) electrons. The molecule has 40 heavy (non-hydrogen) atoms. The summed E-state index contributed by atoms with van der Waals surface area (Å²) in [6.45, 7) is 5.87. The molecule has 0 bridgehead atoms. The lowest BCUT2D eigenvalue weighted by atomic mass is 10.0. The minimum atomic E-state index is -0.747. The van der Waals surface area contributed by atoms with E-state index in [1.165, 1.54) is 0 Å². The number of hydrogen-bond acceptors (Lipinski definition) is 7. The fourth-order valence-corrected chi connectivity index (χ4v) is 6.26. The zero-order chi connectivity index (χ0) is 27.6. The quantitative estimate of drug-likeness (QED) is 0.418. The summed E-state index contributed by atoms with van der Waals surface area (Å²) in [5, 5.41) is 2.91. The molecule has 2 fully saturated rings. The van der Waals surface area contributed by atoms with E-state index in [4.69, 9.17) is 26.3 Å². The van der Waals surface area contributed by atoms with Crippen molar-refractivity contribution < 1.29 is 13.9 Å². The van der Waals surface area contributed by atoms with Gasteiger partial charge in [0.05, 0.1) is 24.4 Å². The topological polar surface area (TPSA) is 65.0 Å². The lowest BCUT2D eigenvalue weighted by molar-refractivity contribution is -0.126. The monoisotopic (exact) mass is 564 g/mol. The number of carbonyl (C=O) groups excluding carboxylic acids is 1. The predicted molar refractivity (Wildman–Crippen MR) is 156 cm³/mol. The molecular formula is C30H34ClFN6O2. The Labute approximate surface area is 239 Å². The van der Waals surface area contributed by atoms with Crippen molar-refractivity contribution in [3.63, 3.8) is 0 Å². The fraction of sp³-hybridized carbons (Fsp3) is 0.433. The highest BCUT2D eigenvalue weighted by Crippen LogP contribution is 2.37. The van der Waals surface area contributed by atoms with Crippen LogP contribution in [0.4, 0.5) is 15.9 Å². The molecule has 2 saturated heterocycles. The molecule has 4 heterocycles. The molecule has 1 aromatic heterocycles. The van der Waals surface area contributed by atoms with E-state index in [0.717, 1.165) is 58.1 Å². The van der Waals surface area contributed by atoms with Gasteiger partial charge in [0, 0.05) is 75.1 Å². The molecule has 1 amide bonds. The van der Waals surface area contributed by atoms with Crippen LogP contribution in [0.25, 0.3) is 10.8 Å². The number of alkyl halides is 1. The van der Waals surface area contributed by atoms with Crippen LogP contribution in [0.1, 0.15) is 17.7 Å². The van der Waals surface area contributed by atoms with Crippen molar-refractivity contribution >= 4 is 39.8 Å². The number of ether oxygens (including phenoxy) is 1. The number of methoxy groups -OCH3 is 1. The third-order valence-electron chi connectivity index (χ3n) is 8.11. The molecule has 3 aliphatic heterocycles. The van der Waals surface area contributed by atoms with Crippen molar-refractivity contribution in [2.75, 3.05) is 69.3 Å². The zero-order valence-corrected chi connectivity index (χ0v) is 23.5. The van der Waals surface area contributed by atoms with Crippen LogP contribution in [-0.2, 0) is 17.8 Å². The zero-order valence-electron chi connectivity index (χ0n) is 22.7. The summed E-state index contributed by atoms with van der Waals surface area (Å²) < 4.78 is 18.9. The molecule has 3 aromatic rings. The summed E-state index contributed by atoms with van der Waals surface area (Å²) in [5.74, 6) is 0.900. The number of anilines is 2. The van der Waals surface area contributed by atoms with Crippen LogP contribution in [-0.4, -0.2) is 91.3 Å². The van der Waals surface area contributed by atoms with Crippen LogP contribution in [0.3, 0.4) is 0 Å². The van der Waals surface area contributed by atoms with Crippen LogP contribution in [0.5, 0.6) is 6.01 Å². The third-order valence-corrected chi connectivity index (χ3v) is 8.42. The Bertz CT molecular complexity index is 1420. The predicted octanol–water partition coefficient (Wildman–Crippen LogP) is 4.10. The maximum absolute atomic E-state index is 13.4. The van der Waals surface area contributed by atoms with Crippen molar-refractivity contribution in [1.29, 1.82) is 0 Å². The van der Waals surface area contributed by atoms with E-state index in [9.17, 15) is 9.18 Å². The number of carbonyl (C=O) groups is 1. The maximum Gasteiger partial charge on any atom is 0.318 e. The van der Waals surface area contributed by atoms with Gasteiger partial charge < -0.3 is 19.4 Å². The number of rotatable bonds is 6. The van der Waals surface area contributed by atoms with E-state index in [0.29, 0.717) is 58.2 Å². The smallest absolute Gasteiger partial charge is 0.318 e. The van der Waals surface area contributed by atoms with E-state index in [2.05, 4.69) is 34.1 Å². The van der Waals surface area contributed by atoms with Gasteiger partial charge in [-0.05, 0) is 30.4 Å². The highest BCUT2D eigenvalue weighted by Gasteiger charge is 2.29. The summed E-state index contributed by atoms with van der Waals surface area (Å²) in [5.41, 5.74) is 3.19. The number of piperazine rings is 1. The Morgan fingerprint density at radius 2 is 1.88 bits per heavy atom. The number of amides is 1. The van der Waals surface area contributed by atoms with Gasteiger partial charge in [0.15, 0.2) is 0 Å². The molecule has 0 N–H and O–H groups in total. The van der Waals surface area contributed by atoms with Gasteiger partial charge in [-0.3, -0.25) is 9.69 Å². The first kappa shape index (κ1) is 26.8. The summed E-state index contributed by atoms with van der Waals surface area (Å²) in [7, 11) is 1.59. The number of benzene rings is 2. The van der Waals surface area contributed by atoms with E-state index >= 15 is 0 Å². The lowest BCUT2D eigenvalue weighted by Gasteiger charge is -2.38. The molecule has 1 atom stereocenters. The normalized spacial score (nSPS) is 20.0. The van der Waals surface area contributed by atoms with Crippen LogP contribution < -0.4 is 14.5 Å². The summed E-state index contributed by atoms with van der Waals surface area (Å²) in [6.07, 6.45) is 4.12. The number of nitrogens with zero attached hydrogens (tertiary/aromatic N) is 6. The van der Waals surface area contributed by atoms with E-state index in [1.54, 1.807) is 13.2 Å².